The summed E-state index contributed by atoms with van der Waals surface area (Å²) in [4.78, 5) is 0. The molecule has 1 aliphatic rings. The van der Waals surface area contributed by atoms with E-state index in [1.54, 1.807) is 0 Å². The van der Waals surface area contributed by atoms with Crippen molar-refractivity contribution in [3.8, 4) is 0 Å². The topological polar surface area (TPSA) is 9.23 Å². The van der Waals surface area contributed by atoms with E-state index in [-0.39, 0.29) is 0 Å². The predicted octanol–water partition coefficient (Wildman–Crippen LogP) is 1.96. The van der Waals surface area contributed by atoms with Crippen molar-refractivity contribution in [2.75, 3.05) is 0 Å². The minimum absolute atomic E-state index is 0.513. The van der Waals surface area contributed by atoms with Crippen LogP contribution in [0.1, 0.15) is 33.1 Å². The quantitative estimate of drug-likeness (QED) is 0.468. The van der Waals surface area contributed by atoms with Crippen molar-refractivity contribution < 1.29 is 4.74 Å². The maximum Gasteiger partial charge on any atom is 0.0550 e. The van der Waals surface area contributed by atoms with Gasteiger partial charge in [-0.25, -0.2) is 0 Å². The summed E-state index contributed by atoms with van der Waals surface area (Å²) < 4.78 is 5.49. The first kappa shape index (κ1) is 6.09. The van der Waals surface area contributed by atoms with Gasteiger partial charge in [-0.15, -0.1) is 0 Å². The molecule has 0 aromatic heterocycles. The van der Waals surface area contributed by atoms with Crippen LogP contribution in [0, 0.1) is 0 Å². The Hall–Kier alpha value is -0.0400. The van der Waals surface area contributed by atoms with Gasteiger partial charge in [0.2, 0.25) is 0 Å². The van der Waals surface area contributed by atoms with Gasteiger partial charge in [0.25, 0.3) is 0 Å². The predicted molar refractivity (Wildman–Crippen MR) is 33.9 cm³/mol. The highest BCUT2D eigenvalue weighted by Gasteiger charge is 2.13. The largest absolute Gasteiger partial charge is 0.376 e. The third-order valence-electron chi connectivity index (χ3n) is 1.69. The molecule has 0 saturated carbocycles. The molecule has 2 atom stereocenters. The van der Waals surface area contributed by atoms with E-state index in [1.807, 2.05) is 0 Å². The zero-order valence-electron chi connectivity index (χ0n) is 5.68. The summed E-state index contributed by atoms with van der Waals surface area (Å²) in [7, 11) is 0. The van der Waals surface area contributed by atoms with E-state index in [4.69, 9.17) is 4.74 Å². The Balaban J connectivity index is 2.23. The average Bonchev–Trinajstić information content (AvgIpc) is 1.64. The van der Waals surface area contributed by atoms with Gasteiger partial charge in [0.15, 0.2) is 0 Å². The van der Waals surface area contributed by atoms with Crippen LogP contribution in [0.2, 0.25) is 0 Å². The smallest absolute Gasteiger partial charge is 0.0550 e. The van der Waals surface area contributed by atoms with Crippen molar-refractivity contribution in [1.82, 2.24) is 0 Å². The molecule has 0 bridgehead atoms. The molecule has 0 aromatic rings. The van der Waals surface area contributed by atoms with Crippen LogP contribution >= 0.6 is 0 Å². The molecule has 0 radical (unpaired) electrons. The van der Waals surface area contributed by atoms with Crippen molar-refractivity contribution >= 4 is 0 Å². The lowest BCUT2D eigenvalue weighted by atomic mass is 10.1. The lowest BCUT2D eigenvalue weighted by Crippen LogP contribution is -2.22. The summed E-state index contributed by atoms with van der Waals surface area (Å²) in [5.41, 5.74) is 0. The van der Waals surface area contributed by atoms with Gasteiger partial charge in [-0.05, 0) is 33.1 Å². The minimum Gasteiger partial charge on any atom is -0.376 e. The molecule has 0 spiro atoms. The van der Waals surface area contributed by atoms with Crippen LogP contribution in [-0.4, -0.2) is 12.2 Å². The molecule has 8 heavy (non-hydrogen) atoms. The van der Waals surface area contributed by atoms with Crippen LogP contribution in [0.4, 0.5) is 0 Å². The van der Waals surface area contributed by atoms with E-state index in [0.717, 1.165) is 0 Å². The molecule has 1 rings (SSSR count). The molecule has 1 heterocycles. The van der Waals surface area contributed by atoms with Gasteiger partial charge in [0.05, 0.1) is 12.2 Å². The average molecular weight is 114 g/mol. The molecular formula is C7H14O. The Morgan fingerprint density at radius 1 is 1.12 bits per heavy atom. The summed E-state index contributed by atoms with van der Waals surface area (Å²) in [6, 6.07) is 0. The van der Waals surface area contributed by atoms with Crippen LogP contribution in [0.25, 0.3) is 0 Å². The summed E-state index contributed by atoms with van der Waals surface area (Å²) in [6.07, 6.45) is 4.88. The molecule has 0 unspecified atom stereocenters. The molecule has 1 nitrogen and oxygen atoms in total. The highest BCUT2D eigenvalue weighted by Crippen LogP contribution is 2.17. The normalized spacial score (nSPS) is 39.8. The minimum atomic E-state index is 0.513. The van der Waals surface area contributed by atoms with Crippen LogP contribution in [0.15, 0.2) is 0 Å². The summed E-state index contributed by atoms with van der Waals surface area (Å²) in [5.74, 6) is 0. The summed E-state index contributed by atoms with van der Waals surface area (Å²) >= 11 is 0. The van der Waals surface area contributed by atoms with Gasteiger partial charge in [-0.2, -0.15) is 0 Å². The monoisotopic (exact) mass is 114 g/mol. The fourth-order valence-electron chi connectivity index (χ4n) is 1.23. The Bertz CT molecular complexity index is 62.8. The van der Waals surface area contributed by atoms with Crippen LogP contribution < -0.4 is 0 Å². The first-order chi connectivity index (χ1) is 3.79. The highest BCUT2D eigenvalue weighted by atomic mass is 16.5. The lowest BCUT2D eigenvalue weighted by molar-refractivity contribution is -0.0292. The molecule has 1 aliphatic heterocycles. The molecule has 1 saturated heterocycles. The van der Waals surface area contributed by atoms with E-state index in [9.17, 15) is 0 Å². The van der Waals surface area contributed by atoms with Crippen LogP contribution in [-0.2, 0) is 4.74 Å². The molecule has 1 fully saturated rings. The third kappa shape index (κ3) is 1.48. The molecule has 0 N–H and O–H groups in total. The standard InChI is InChI=1S/C7H14O/c1-6-4-3-5-7(2)8-6/h6-7H,3-5H2,1-2H3/t6-,7+. The second-order valence-corrected chi connectivity index (χ2v) is 2.69. The molecule has 48 valence electrons. The van der Waals surface area contributed by atoms with Crippen LogP contribution in [0.5, 0.6) is 0 Å². The number of ether oxygens (including phenoxy) is 1. The fourth-order valence-corrected chi connectivity index (χ4v) is 1.23. The van der Waals surface area contributed by atoms with Gasteiger partial charge >= 0.3 is 0 Å². The first-order valence-corrected chi connectivity index (χ1v) is 3.44. The zero-order valence-corrected chi connectivity index (χ0v) is 5.68. The molecule has 0 aliphatic carbocycles. The number of hydrogen-bond acceptors (Lipinski definition) is 1. The van der Waals surface area contributed by atoms with Gasteiger partial charge in [-0.3, -0.25) is 0 Å². The van der Waals surface area contributed by atoms with Gasteiger partial charge in [0, 0.05) is 0 Å². The maximum atomic E-state index is 5.49. The molecule has 1 heteroatoms. The van der Waals surface area contributed by atoms with Gasteiger partial charge < -0.3 is 4.74 Å². The van der Waals surface area contributed by atoms with E-state index < -0.39 is 0 Å². The second kappa shape index (κ2) is 2.49. The van der Waals surface area contributed by atoms with Gasteiger partial charge in [0.1, 0.15) is 0 Å². The number of hydrogen-bond donors (Lipinski definition) is 0. The molecule has 0 amide bonds. The van der Waals surface area contributed by atoms with E-state index >= 15 is 0 Å². The van der Waals surface area contributed by atoms with Crippen molar-refractivity contribution in [3.05, 3.63) is 0 Å². The SMILES string of the molecule is C[C@@H]1CCC[C@H](C)O1. The molecule has 0 aromatic carbocycles. The van der Waals surface area contributed by atoms with Crippen molar-refractivity contribution in [2.45, 2.75) is 45.3 Å². The van der Waals surface area contributed by atoms with Gasteiger partial charge in [-0.1, -0.05) is 0 Å². The third-order valence-corrected chi connectivity index (χ3v) is 1.69. The maximum absolute atomic E-state index is 5.49. The summed E-state index contributed by atoms with van der Waals surface area (Å²) in [6.45, 7) is 4.30. The number of rotatable bonds is 0. The van der Waals surface area contributed by atoms with E-state index in [0.29, 0.717) is 12.2 Å². The van der Waals surface area contributed by atoms with Crippen molar-refractivity contribution in [1.29, 1.82) is 0 Å². The zero-order chi connectivity index (χ0) is 5.98. The Labute approximate surface area is 51.0 Å². The fraction of sp³-hybridized carbons (Fsp3) is 1.00. The van der Waals surface area contributed by atoms with E-state index in [2.05, 4.69) is 13.8 Å². The van der Waals surface area contributed by atoms with E-state index in [1.165, 1.54) is 19.3 Å². The van der Waals surface area contributed by atoms with Crippen molar-refractivity contribution in [3.63, 3.8) is 0 Å². The lowest BCUT2D eigenvalue weighted by Gasteiger charge is -2.24. The summed E-state index contributed by atoms with van der Waals surface area (Å²) in [5, 5.41) is 0. The Morgan fingerprint density at radius 2 is 1.62 bits per heavy atom. The first-order valence-electron chi connectivity index (χ1n) is 3.44. The Morgan fingerprint density at radius 3 is 1.88 bits per heavy atom. The second-order valence-electron chi connectivity index (χ2n) is 2.69. The van der Waals surface area contributed by atoms with Crippen molar-refractivity contribution in [2.24, 2.45) is 0 Å². The highest BCUT2D eigenvalue weighted by molar-refractivity contribution is 4.63. The Kier molecular flexibility index (Phi) is 1.90. The molecular weight excluding hydrogens is 100 g/mol. The van der Waals surface area contributed by atoms with Crippen LogP contribution in [0.3, 0.4) is 0 Å².